The van der Waals surface area contributed by atoms with Crippen LogP contribution in [-0.2, 0) is 9.59 Å². The first kappa shape index (κ1) is 18.9. The molecule has 3 amide bonds. The zero-order valence-corrected chi connectivity index (χ0v) is 15.9. The van der Waals surface area contributed by atoms with E-state index in [0.29, 0.717) is 37.5 Å². The van der Waals surface area contributed by atoms with Crippen LogP contribution in [0.3, 0.4) is 0 Å². The van der Waals surface area contributed by atoms with Crippen LogP contribution in [0.1, 0.15) is 48.2 Å². The summed E-state index contributed by atoms with van der Waals surface area (Å²) >= 11 is 1.35. The molecule has 1 N–H and O–H groups in total. The first-order chi connectivity index (χ1) is 12.6. The van der Waals surface area contributed by atoms with Crippen molar-refractivity contribution >= 4 is 29.1 Å². The molecule has 0 bridgehead atoms. The maximum Gasteiger partial charge on any atom is 0.261 e. The number of hydrogen-bond donors (Lipinski definition) is 1. The van der Waals surface area contributed by atoms with E-state index in [2.05, 4.69) is 5.32 Å². The minimum Gasteiger partial charge on any atom is -0.342 e. The fourth-order valence-electron chi connectivity index (χ4n) is 3.75. The minimum absolute atomic E-state index is 0.00631. The number of nitrogens with zero attached hydrogens (tertiary/aromatic N) is 2. The molecule has 0 radical (unpaired) electrons. The summed E-state index contributed by atoms with van der Waals surface area (Å²) in [5.41, 5.74) is 0. The zero-order valence-electron chi connectivity index (χ0n) is 15.1. The van der Waals surface area contributed by atoms with Crippen molar-refractivity contribution in [3.63, 3.8) is 0 Å². The first-order valence-electron chi connectivity index (χ1n) is 9.51. The molecule has 0 aromatic carbocycles. The van der Waals surface area contributed by atoms with E-state index in [4.69, 9.17) is 0 Å². The molecule has 2 aliphatic rings. The number of carbonyl (C=O) groups is 3. The van der Waals surface area contributed by atoms with E-state index in [1.54, 1.807) is 11.0 Å². The van der Waals surface area contributed by atoms with Gasteiger partial charge in [-0.25, -0.2) is 0 Å². The molecule has 2 heterocycles. The van der Waals surface area contributed by atoms with Gasteiger partial charge in [0.25, 0.3) is 5.91 Å². The highest BCUT2D eigenvalue weighted by Gasteiger charge is 2.25. The van der Waals surface area contributed by atoms with Gasteiger partial charge in [0.15, 0.2) is 0 Å². The summed E-state index contributed by atoms with van der Waals surface area (Å²) in [6.07, 6.45) is 6.80. The van der Waals surface area contributed by atoms with Gasteiger partial charge in [0.05, 0.1) is 11.4 Å². The van der Waals surface area contributed by atoms with Crippen LogP contribution >= 0.6 is 11.3 Å². The van der Waals surface area contributed by atoms with Gasteiger partial charge in [-0.3, -0.25) is 14.4 Å². The molecule has 1 aliphatic heterocycles. The number of carbonyl (C=O) groups excluding carboxylic acids is 3. The van der Waals surface area contributed by atoms with E-state index in [1.807, 2.05) is 16.3 Å². The average Bonchev–Trinajstić information content (AvgIpc) is 3.38. The molecule has 142 valence electrons. The highest BCUT2D eigenvalue weighted by atomic mass is 32.1. The molecule has 6 nitrogen and oxygen atoms in total. The second kappa shape index (κ2) is 9.16. The Labute approximate surface area is 158 Å². The van der Waals surface area contributed by atoms with Crippen LogP contribution in [0.15, 0.2) is 17.5 Å². The quantitative estimate of drug-likeness (QED) is 0.826. The predicted octanol–water partition coefficient (Wildman–Crippen LogP) is 2.12. The van der Waals surface area contributed by atoms with Gasteiger partial charge >= 0.3 is 0 Å². The Morgan fingerprint density at radius 2 is 1.69 bits per heavy atom. The smallest absolute Gasteiger partial charge is 0.261 e. The molecule has 1 aromatic heterocycles. The van der Waals surface area contributed by atoms with Crippen LogP contribution in [0.2, 0.25) is 0 Å². The molecule has 1 saturated carbocycles. The molecular weight excluding hydrogens is 350 g/mol. The monoisotopic (exact) mass is 377 g/mol. The lowest BCUT2D eigenvalue weighted by Gasteiger charge is -2.35. The number of rotatable bonds is 6. The summed E-state index contributed by atoms with van der Waals surface area (Å²) in [4.78, 5) is 40.7. The molecule has 7 heteroatoms. The first-order valence-corrected chi connectivity index (χ1v) is 10.4. The number of thiophene rings is 1. The summed E-state index contributed by atoms with van der Waals surface area (Å²) in [5, 5.41) is 4.50. The third kappa shape index (κ3) is 5.06. The molecule has 1 aromatic rings. The third-order valence-electron chi connectivity index (χ3n) is 5.37. The van der Waals surface area contributed by atoms with Crippen LogP contribution in [0.5, 0.6) is 0 Å². The van der Waals surface area contributed by atoms with Crippen LogP contribution in [-0.4, -0.2) is 60.2 Å². The topological polar surface area (TPSA) is 69.7 Å². The van der Waals surface area contributed by atoms with Gasteiger partial charge in [0.1, 0.15) is 0 Å². The maximum absolute atomic E-state index is 12.3. The van der Waals surface area contributed by atoms with E-state index >= 15 is 0 Å². The number of hydrogen-bond acceptors (Lipinski definition) is 4. The van der Waals surface area contributed by atoms with Gasteiger partial charge in [0.2, 0.25) is 11.8 Å². The van der Waals surface area contributed by atoms with Crippen molar-refractivity contribution < 1.29 is 14.4 Å². The van der Waals surface area contributed by atoms with Gasteiger partial charge in [-0.15, -0.1) is 11.3 Å². The van der Waals surface area contributed by atoms with Gasteiger partial charge in [-0.05, 0) is 23.8 Å². The van der Waals surface area contributed by atoms with E-state index in [-0.39, 0.29) is 24.3 Å². The Morgan fingerprint density at radius 3 is 2.31 bits per heavy atom. The standard InChI is InChI=1S/C19H27N3O3S/c23-17(8-7-15-4-1-2-5-15)21-9-11-22(12-10-21)18(24)14-20-19(25)16-6-3-13-26-16/h3,6,13,15H,1-2,4-5,7-12,14H2,(H,20,25). The van der Waals surface area contributed by atoms with E-state index in [0.717, 1.165) is 12.3 Å². The Kier molecular flexibility index (Phi) is 6.66. The van der Waals surface area contributed by atoms with E-state index in [9.17, 15) is 14.4 Å². The third-order valence-corrected chi connectivity index (χ3v) is 6.24. The normalized spacial score (nSPS) is 18.2. The van der Waals surface area contributed by atoms with Crippen molar-refractivity contribution in [1.82, 2.24) is 15.1 Å². The van der Waals surface area contributed by atoms with Gasteiger partial charge < -0.3 is 15.1 Å². The Morgan fingerprint density at radius 1 is 1.04 bits per heavy atom. The Bertz CT molecular complexity index is 618. The number of piperazine rings is 1. The summed E-state index contributed by atoms with van der Waals surface area (Å²) in [5.74, 6) is 0.644. The molecular formula is C19H27N3O3S. The van der Waals surface area contributed by atoms with Crippen molar-refractivity contribution in [2.45, 2.75) is 38.5 Å². The predicted molar refractivity (Wildman–Crippen MR) is 101 cm³/mol. The zero-order chi connectivity index (χ0) is 18.4. The Balaban J connectivity index is 1.35. The average molecular weight is 378 g/mol. The fourth-order valence-corrected chi connectivity index (χ4v) is 4.39. The van der Waals surface area contributed by atoms with Crippen LogP contribution < -0.4 is 5.32 Å². The maximum atomic E-state index is 12.3. The highest BCUT2D eigenvalue weighted by Crippen LogP contribution is 2.28. The van der Waals surface area contributed by atoms with E-state index in [1.165, 1.54) is 37.0 Å². The summed E-state index contributed by atoms with van der Waals surface area (Å²) in [6.45, 7) is 2.28. The lowest BCUT2D eigenvalue weighted by atomic mass is 10.0. The molecule has 0 unspecified atom stereocenters. The van der Waals surface area contributed by atoms with Crippen molar-refractivity contribution in [2.75, 3.05) is 32.7 Å². The minimum atomic E-state index is -0.214. The van der Waals surface area contributed by atoms with Crippen LogP contribution in [0, 0.1) is 5.92 Å². The molecule has 1 aliphatic carbocycles. The van der Waals surface area contributed by atoms with Crippen molar-refractivity contribution in [1.29, 1.82) is 0 Å². The second-order valence-corrected chi connectivity index (χ2v) is 8.06. The molecule has 26 heavy (non-hydrogen) atoms. The van der Waals surface area contributed by atoms with Crippen LogP contribution in [0.4, 0.5) is 0 Å². The second-order valence-electron chi connectivity index (χ2n) is 7.11. The molecule has 0 spiro atoms. The number of nitrogens with one attached hydrogen (secondary N) is 1. The summed E-state index contributed by atoms with van der Waals surface area (Å²) in [6, 6.07) is 3.55. The van der Waals surface area contributed by atoms with Gasteiger partial charge in [-0.1, -0.05) is 31.7 Å². The lowest BCUT2D eigenvalue weighted by Crippen LogP contribution is -2.52. The molecule has 2 fully saturated rings. The van der Waals surface area contributed by atoms with Crippen molar-refractivity contribution in [3.8, 4) is 0 Å². The van der Waals surface area contributed by atoms with Gasteiger partial charge in [0, 0.05) is 32.6 Å². The van der Waals surface area contributed by atoms with Crippen molar-refractivity contribution in [3.05, 3.63) is 22.4 Å². The molecule has 0 atom stereocenters. The summed E-state index contributed by atoms with van der Waals surface area (Å²) in [7, 11) is 0. The lowest BCUT2D eigenvalue weighted by molar-refractivity contribution is -0.139. The number of amides is 3. The van der Waals surface area contributed by atoms with Gasteiger partial charge in [-0.2, -0.15) is 0 Å². The summed E-state index contributed by atoms with van der Waals surface area (Å²) < 4.78 is 0. The SMILES string of the molecule is O=C(NCC(=O)N1CCN(C(=O)CCC2CCCC2)CC1)c1cccs1. The van der Waals surface area contributed by atoms with E-state index < -0.39 is 0 Å². The Hall–Kier alpha value is -1.89. The van der Waals surface area contributed by atoms with Crippen LogP contribution in [0.25, 0.3) is 0 Å². The highest BCUT2D eigenvalue weighted by molar-refractivity contribution is 7.12. The molecule has 3 rings (SSSR count). The fraction of sp³-hybridized carbons (Fsp3) is 0.632. The molecule has 1 saturated heterocycles. The van der Waals surface area contributed by atoms with Crippen molar-refractivity contribution in [2.24, 2.45) is 5.92 Å². The largest absolute Gasteiger partial charge is 0.342 e.